The van der Waals surface area contributed by atoms with Crippen molar-refractivity contribution in [1.82, 2.24) is 5.32 Å². The minimum absolute atomic E-state index is 0.0105. The van der Waals surface area contributed by atoms with Crippen molar-refractivity contribution in [3.05, 3.63) is 0 Å². The van der Waals surface area contributed by atoms with E-state index in [9.17, 15) is 9.59 Å². The fraction of sp³-hybridized carbons (Fsp3) is 0.800. The van der Waals surface area contributed by atoms with Crippen LogP contribution in [0.5, 0.6) is 0 Å². The zero-order valence-corrected chi connectivity index (χ0v) is 9.50. The molecule has 0 bridgehead atoms. The molecule has 0 radical (unpaired) electrons. The summed E-state index contributed by atoms with van der Waals surface area (Å²) in [4.78, 5) is 21.3. The Balaban J connectivity index is 3.46. The molecule has 0 spiro atoms. The van der Waals surface area contributed by atoms with E-state index in [0.717, 1.165) is 0 Å². The minimum Gasteiger partial charge on any atom is -0.481 e. The van der Waals surface area contributed by atoms with E-state index in [2.05, 4.69) is 5.32 Å². The number of carboxylic acids is 1. The van der Waals surface area contributed by atoms with E-state index in [1.807, 2.05) is 20.8 Å². The van der Waals surface area contributed by atoms with E-state index in [4.69, 9.17) is 9.84 Å². The highest BCUT2D eigenvalue weighted by Crippen LogP contribution is 2.05. The van der Waals surface area contributed by atoms with E-state index in [1.54, 1.807) is 0 Å². The highest BCUT2D eigenvalue weighted by molar-refractivity contribution is 5.77. The third kappa shape index (κ3) is 10.8. The number of nitrogens with one attached hydrogen (secondary N) is 1. The van der Waals surface area contributed by atoms with Gasteiger partial charge < -0.3 is 15.2 Å². The molecular weight excluding hydrogens is 198 g/mol. The second kappa shape index (κ2) is 6.40. The molecule has 0 atom stereocenters. The summed E-state index contributed by atoms with van der Waals surface area (Å²) in [5.74, 6) is -1.06. The molecule has 0 aromatic rings. The van der Waals surface area contributed by atoms with Gasteiger partial charge in [-0.2, -0.15) is 0 Å². The first kappa shape index (κ1) is 13.9. The molecule has 0 aliphatic heterocycles. The summed E-state index contributed by atoms with van der Waals surface area (Å²) in [5.41, 5.74) is -0.335. The van der Waals surface area contributed by atoms with Crippen LogP contribution in [0.3, 0.4) is 0 Å². The predicted octanol–water partition coefficient (Wildman–Crippen LogP) is 0.782. The van der Waals surface area contributed by atoms with E-state index < -0.39 is 5.97 Å². The maximum absolute atomic E-state index is 11.2. The molecule has 0 aromatic heterocycles. The van der Waals surface area contributed by atoms with E-state index in [0.29, 0.717) is 13.0 Å². The van der Waals surface area contributed by atoms with Gasteiger partial charge in [0.2, 0.25) is 5.91 Å². The number of carbonyl (C=O) groups is 2. The first-order valence-corrected chi connectivity index (χ1v) is 4.94. The Kier molecular flexibility index (Phi) is 5.93. The van der Waals surface area contributed by atoms with Crippen LogP contribution >= 0.6 is 0 Å². The van der Waals surface area contributed by atoms with Crippen LogP contribution in [0.25, 0.3) is 0 Å². The molecular formula is C10H19NO4. The van der Waals surface area contributed by atoms with Gasteiger partial charge in [0.05, 0.1) is 5.60 Å². The third-order valence-corrected chi connectivity index (χ3v) is 1.53. The summed E-state index contributed by atoms with van der Waals surface area (Å²) in [5, 5.41) is 10.9. The molecule has 0 unspecified atom stereocenters. The van der Waals surface area contributed by atoms with Crippen LogP contribution in [0.2, 0.25) is 0 Å². The van der Waals surface area contributed by atoms with Gasteiger partial charge in [-0.05, 0) is 27.2 Å². The van der Waals surface area contributed by atoms with Gasteiger partial charge in [0.25, 0.3) is 0 Å². The minimum atomic E-state index is -0.852. The Labute approximate surface area is 89.8 Å². The summed E-state index contributed by atoms with van der Waals surface area (Å²) in [6.07, 6.45) is 0.511. The highest BCUT2D eigenvalue weighted by atomic mass is 16.5. The molecule has 0 rings (SSSR count). The van der Waals surface area contributed by atoms with Gasteiger partial charge in [-0.25, -0.2) is 0 Å². The van der Waals surface area contributed by atoms with Gasteiger partial charge >= 0.3 is 5.97 Å². The zero-order chi connectivity index (χ0) is 11.9. The van der Waals surface area contributed by atoms with Crippen LogP contribution in [-0.2, 0) is 14.3 Å². The molecule has 0 heterocycles. The summed E-state index contributed by atoms with van der Waals surface area (Å²) < 4.78 is 5.24. The topological polar surface area (TPSA) is 75.6 Å². The lowest BCUT2D eigenvalue weighted by Crippen LogP contribution is -2.32. The molecule has 0 aliphatic rings. The molecule has 0 aromatic carbocycles. The second-order valence-corrected chi connectivity index (χ2v) is 4.25. The first-order chi connectivity index (χ1) is 6.81. The van der Waals surface area contributed by atoms with Crippen LogP contribution in [-0.4, -0.2) is 35.7 Å². The van der Waals surface area contributed by atoms with Gasteiger partial charge in [0.1, 0.15) is 6.61 Å². The quantitative estimate of drug-likeness (QED) is 0.645. The Hall–Kier alpha value is -1.10. The third-order valence-electron chi connectivity index (χ3n) is 1.53. The lowest BCUT2D eigenvalue weighted by atomic mass is 10.2. The van der Waals surface area contributed by atoms with Crippen LogP contribution in [0.4, 0.5) is 0 Å². The number of aliphatic carboxylic acids is 1. The maximum Gasteiger partial charge on any atom is 0.303 e. The molecule has 5 heteroatoms. The smallest absolute Gasteiger partial charge is 0.303 e. The van der Waals surface area contributed by atoms with Crippen LogP contribution in [0.1, 0.15) is 33.6 Å². The Morgan fingerprint density at radius 2 is 1.93 bits per heavy atom. The summed E-state index contributed by atoms with van der Waals surface area (Å²) in [6.45, 7) is 5.98. The van der Waals surface area contributed by atoms with E-state index in [1.165, 1.54) is 0 Å². The van der Waals surface area contributed by atoms with Crippen LogP contribution < -0.4 is 5.32 Å². The highest BCUT2D eigenvalue weighted by Gasteiger charge is 2.12. The monoisotopic (exact) mass is 217 g/mol. The number of hydrogen-bond acceptors (Lipinski definition) is 3. The van der Waals surface area contributed by atoms with Crippen molar-refractivity contribution in [1.29, 1.82) is 0 Å². The molecule has 15 heavy (non-hydrogen) atoms. The molecule has 5 nitrogen and oxygen atoms in total. The van der Waals surface area contributed by atoms with Gasteiger partial charge in [-0.3, -0.25) is 9.59 Å². The second-order valence-electron chi connectivity index (χ2n) is 4.25. The van der Waals surface area contributed by atoms with Gasteiger partial charge in [-0.15, -0.1) is 0 Å². The Bertz CT molecular complexity index is 220. The molecule has 1 amide bonds. The SMILES string of the molecule is CC(C)(C)OCC(=O)NCCCC(=O)O. The van der Waals surface area contributed by atoms with Crippen molar-refractivity contribution in [2.24, 2.45) is 0 Å². The maximum atomic E-state index is 11.2. The van der Waals surface area contributed by atoms with Gasteiger partial charge in [-0.1, -0.05) is 0 Å². The molecule has 88 valence electrons. The fourth-order valence-electron chi connectivity index (χ4n) is 0.801. The van der Waals surface area contributed by atoms with Crippen molar-refractivity contribution in [3.8, 4) is 0 Å². The number of carbonyl (C=O) groups excluding carboxylic acids is 1. The zero-order valence-electron chi connectivity index (χ0n) is 9.50. The normalized spacial score (nSPS) is 11.1. The van der Waals surface area contributed by atoms with Crippen molar-refractivity contribution < 1.29 is 19.4 Å². The summed E-state index contributed by atoms with van der Waals surface area (Å²) in [6, 6.07) is 0. The largest absolute Gasteiger partial charge is 0.481 e. The van der Waals surface area contributed by atoms with Crippen molar-refractivity contribution in [3.63, 3.8) is 0 Å². The molecule has 0 aliphatic carbocycles. The number of rotatable bonds is 6. The molecule has 0 fully saturated rings. The number of hydrogen-bond donors (Lipinski definition) is 2. The number of carboxylic acid groups (broad SMARTS) is 1. The van der Waals surface area contributed by atoms with Crippen molar-refractivity contribution in [2.75, 3.05) is 13.2 Å². The first-order valence-electron chi connectivity index (χ1n) is 4.94. The van der Waals surface area contributed by atoms with E-state index >= 15 is 0 Å². The molecule has 2 N–H and O–H groups in total. The molecule has 0 saturated heterocycles. The van der Waals surface area contributed by atoms with Crippen LogP contribution in [0.15, 0.2) is 0 Å². The number of ether oxygens (including phenoxy) is 1. The van der Waals surface area contributed by atoms with E-state index in [-0.39, 0.29) is 24.5 Å². The summed E-state index contributed by atoms with van der Waals surface area (Å²) >= 11 is 0. The Morgan fingerprint density at radius 3 is 2.40 bits per heavy atom. The van der Waals surface area contributed by atoms with Crippen LogP contribution in [0, 0.1) is 0 Å². The Morgan fingerprint density at radius 1 is 1.33 bits per heavy atom. The lowest BCUT2D eigenvalue weighted by molar-refractivity contribution is -0.137. The van der Waals surface area contributed by atoms with Gasteiger partial charge in [0.15, 0.2) is 0 Å². The van der Waals surface area contributed by atoms with Gasteiger partial charge in [0, 0.05) is 13.0 Å². The summed E-state index contributed by atoms with van der Waals surface area (Å²) in [7, 11) is 0. The average Bonchev–Trinajstić information content (AvgIpc) is 2.07. The average molecular weight is 217 g/mol. The molecule has 0 saturated carbocycles. The number of amides is 1. The van der Waals surface area contributed by atoms with Crippen molar-refractivity contribution in [2.45, 2.75) is 39.2 Å². The van der Waals surface area contributed by atoms with Crippen molar-refractivity contribution >= 4 is 11.9 Å². The lowest BCUT2D eigenvalue weighted by Gasteiger charge is -2.18. The fourth-order valence-corrected chi connectivity index (χ4v) is 0.801. The predicted molar refractivity (Wildman–Crippen MR) is 55.6 cm³/mol. The standard InChI is InChI=1S/C10H19NO4/c1-10(2,3)15-7-8(12)11-6-4-5-9(13)14/h4-7H2,1-3H3,(H,11,12)(H,13,14).